The first-order valence-electron chi connectivity index (χ1n) is 11.0. The number of hydrogen-bond acceptors (Lipinski definition) is 5. The van der Waals surface area contributed by atoms with E-state index in [9.17, 15) is 14.4 Å². The monoisotopic (exact) mass is 457 g/mol. The average Bonchev–Trinajstić information content (AvgIpc) is 3.29. The van der Waals surface area contributed by atoms with Crippen LogP contribution in [0.4, 0.5) is 0 Å². The van der Waals surface area contributed by atoms with Crippen LogP contribution in [0.2, 0.25) is 0 Å². The van der Waals surface area contributed by atoms with Crippen LogP contribution in [0.1, 0.15) is 29.8 Å². The van der Waals surface area contributed by atoms with Crippen molar-refractivity contribution in [2.45, 2.75) is 26.4 Å². The summed E-state index contributed by atoms with van der Waals surface area (Å²) in [7, 11) is 0. The number of amides is 3. The molecule has 2 heterocycles. The summed E-state index contributed by atoms with van der Waals surface area (Å²) < 4.78 is 5.96. The molecule has 0 radical (unpaired) electrons. The lowest BCUT2D eigenvalue weighted by Crippen LogP contribution is -2.41. The lowest BCUT2D eigenvalue weighted by molar-refractivity contribution is -0.138. The van der Waals surface area contributed by atoms with Crippen molar-refractivity contribution in [3.63, 3.8) is 0 Å². The van der Waals surface area contributed by atoms with E-state index >= 15 is 0 Å². The largest absolute Gasteiger partial charge is 0.365 e. The summed E-state index contributed by atoms with van der Waals surface area (Å²) in [4.78, 5) is 43.4. The van der Waals surface area contributed by atoms with E-state index in [0.29, 0.717) is 31.7 Å². The minimum Gasteiger partial charge on any atom is -0.365 e. The van der Waals surface area contributed by atoms with Crippen molar-refractivity contribution < 1.29 is 19.1 Å². The predicted molar refractivity (Wildman–Crippen MR) is 125 cm³/mol. The van der Waals surface area contributed by atoms with Gasteiger partial charge in [-0.2, -0.15) is 11.3 Å². The molecule has 1 aromatic carbocycles. The van der Waals surface area contributed by atoms with E-state index in [0.717, 1.165) is 12.0 Å². The Morgan fingerprint density at radius 2 is 1.88 bits per heavy atom. The molecule has 0 spiro atoms. The van der Waals surface area contributed by atoms with Gasteiger partial charge in [0.2, 0.25) is 11.8 Å². The highest BCUT2D eigenvalue weighted by atomic mass is 32.1. The van der Waals surface area contributed by atoms with Crippen molar-refractivity contribution >= 4 is 29.1 Å². The molecule has 1 atom stereocenters. The quantitative estimate of drug-likeness (QED) is 0.580. The van der Waals surface area contributed by atoms with Crippen molar-refractivity contribution in [1.82, 2.24) is 14.7 Å². The molecule has 1 aromatic heterocycles. The molecule has 1 aliphatic heterocycles. The molecule has 172 valence electrons. The first-order chi connectivity index (χ1) is 15.5. The number of hydrogen-bond donors (Lipinski definition) is 0. The second-order valence-electron chi connectivity index (χ2n) is 7.77. The maximum absolute atomic E-state index is 13.0. The SMILES string of the molecule is CCN(CC)C(=O)COC1CN(CCc2ccccc2)C(=O)CN(C(=O)c2ccsc2)C1. The van der Waals surface area contributed by atoms with Crippen LogP contribution >= 0.6 is 11.3 Å². The molecule has 1 saturated heterocycles. The van der Waals surface area contributed by atoms with E-state index in [4.69, 9.17) is 4.74 Å². The van der Waals surface area contributed by atoms with Gasteiger partial charge in [0, 0.05) is 38.1 Å². The third-order valence-electron chi connectivity index (χ3n) is 5.65. The van der Waals surface area contributed by atoms with Gasteiger partial charge >= 0.3 is 0 Å². The summed E-state index contributed by atoms with van der Waals surface area (Å²) in [5.74, 6) is -0.379. The topological polar surface area (TPSA) is 70.2 Å². The predicted octanol–water partition coefficient (Wildman–Crippen LogP) is 2.53. The maximum Gasteiger partial charge on any atom is 0.255 e. The van der Waals surface area contributed by atoms with Crippen LogP contribution in [0.5, 0.6) is 0 Å². The summed E-state index contributed by atoms with van der Waals surface area (Å²) in [6.07, 6.45) is 0.287. The Morgan fingerprint density at radius 3 is 2.53 bits per heavy atom. The van der Waals surface area contributed by atoms with E-state index in [1.807, 2.05) is 49.6 Å². The van der Waals surface area contributed by atoms with Crippen LogP contribution in [0.3, 0.4) is 0 Å². The molecule has 1 aliphatic rings. The van der Waals surface area contributed by atoms with Crippen LogP contribution in [-0.2, 0) is 20.7 Å². The highest BCUT2D eigenvalue weighted by molar-refractivity contribution is 7.08. The molecule has 0 saturated carbocycles. The molecule has 1 unspecified atom stereocenters. The summed E-state index contributed by atoms with van der Waals surface area (Å²) in [6.45, 7) is 6.20. The Labute approximate surface area is 193 Å². The zero-order valence-corrected chi connectivity index (χ0v) is 19.6. The number of rotatable bonds is 9. The molecular formula is C24H31N3O4S. The van der Waals surface area contributed by atoms with Crippen LogP contribution in [-0.4, -0.2) is 84.4 Å². The number of thiophene rings is 1. The lowest BCUT2D eigenvalue weighted by Gasteiger charge is -2.26. The van der Waals surface area contributed by atoms with Crippen molar-refractivity contribution in [3.8, 4) is 0 Å². The van der Waals surface area contributed by atoms with E-state index in [-0.39, 0.29) is 37.4 Å². The Balaban J connectivity index is 1.71. The second-order valence-corrected chi connectivity index (χ2v) is 8.55. The molecule has 0 aliphatic carbocycles. The van der Waals surface area contributed by atoms with Crippen molar-refractivity contribution in [2.75, 3.05) is 45.9 Å². The zero-order chi connectivity index (χ0) is 22.9. The summed E-state index contributed by atoms with van der Waals surface area (Å²) in [5.41, 5.74) is 1.71. The van der Waals surface area contributed by atoms with Gasteiger partial charge in [0.05, 0.1) is 11.7 Å². The summed E-state index contributed by atoms with van der Waals surface area (Å²) in [5, 5.41) is 3.63. The number of likely N-dealkylation sites (N-methyl/N-ethyl adjacent to an activating group) is 1. The van der Waals surface area contributed by atoms with Crippen molar-refractivity contribution in [2.24, 2.45) is 0 Å². The van der Waals surface area contributed by atoms with Crippen LogP contribution in [0.15, 0.2) is 47.2 Å². The molecule has 2 aromatic rings. The van der Waals surface area contributed by atoms with E-state index in [1.165, 1.54) is 11.3 Å². The summed E-state index contributed by atoms with van der Waals surface area (Å²) in [6, 6.07) is 11.7. The van der Waals surface area contributed by atoms with E-state index in [2.05, 4.69) is 0 Å². The highest BCUT2D eigenvalue weighted by Gasteiger charge is 2.31. The number of carbonyl (C=O) groups excluding carboxylic acids is 3. The third kappa shape index (κ3) is 6.40. The Hall–Kier alpha value is -2.71. The zero-order valence-electron chi connectivity index (χ0n) is 18.7. The third-order valence-corrected chi connectivity index (χ3v) is 6.34. The average molecular weight is 458 g/mol. The lowest BCUT2D eigenvalue weighted by atomic mass is 10.1. The number of carbonyl (C=O) groups is 3. The maximum atomic E-state index is 13.0. The van der Waals surface area contributed by atoms with Gasteiger partial charge in [0.15, 0.2) is 0 Å². The second kappa shape index (κ2) is 11.8. The fourth-order valence-electron chi connectivity index (χ4n) is 3.79. The molecule has 0 N–H and O–H groups in total. The minimum absolute atomic E-state index is 0.00726. The van der Waals surface area contributed by atoms with Crippen molar-refractivity contribution in [3.05, 3.63) is 58.3 Å². The standard InChI is InChI=1S/C24H31N3O4S/c1-3-25(4-2)23(29)17-31-21-14-26(12-10-19-8-6-5-7-9-19)22(28)16-27(15-21)24(30)20-11-13-32-18-20/h5-9,11,13,18,21H,3-4,10,12,14-17H2,1-2H3. The molecule has 3 amide bonds. The van der Waals surface area contributed by atoms with Crippen molar-refractivity contribution in [1.29, 1.82) is 0 Å². The number of ether oxygens (including phenoxy) is 1. The fraction of sp³-hybridized carbons (Fsp3) is 0.458. The summed E-state index contributed by atoms with van der Waals surface area (Å²) >= 11 is 1.44. The van der Waals surface area contributed by atoms with Gasteiger partial charge in [-0.25, -0.2) is 0 Å². The van der Waals surface area contributed by atoms with Gasteiger partial charge in [0.1, 0.15) is 13.2 Å². The van der Waals surface area contributed by atoms with Crippen LogP contribution in [0.25, 0.3) is 0 Å². The smallest absolute Gasteiger partial charge is 0.255 e. The van der Waals surface area contributed by atoms with Gasteiger partial charge in [-0.05, 0) is 37.3 Å². The van der Waals surface area contributed by atoms with Crippen LogP contribution in [0, 0.1) is 0 Å². The first kappa shape index (κ1) is 23.9. The Morgan fingerprint density at radius 1 is 1.12 bits per heavy atom. The first-order valence-corrected chi connectivity index (χ1v) is 12.0. The molecule has 32 heavy (non-hydrogen) atoms. The van der Waals surface area contributed by atoms with Gasteiger partial charge in [0.25, 0.3) is 5.91 Å². The molecular weight excluding hydrogens is 426 g/mol. The molecule has 7 nitrogen and oxygen atoms in total. The number of nitrogens with zero attached hydrogens (tertiary/aromatic N) is 3. The Kier molecular flexibility index (Phi) is 8.81. The van der Waals surface area contributed by atoms with E-state index in [1.54, 1.807) is 26.1 Å². The van der Waals surface area contributed by atoms with Gasteiger partial charge in [-0.15, -0.1) is 0 Å². The van der Waals surface area contributed by atoms with Gasteiger partial charge in [-0.3, -0.25) is 14.4 Å². The highest BCUT2D eigenvalue weighted by Crippen LogP contribution is 2.15. The fourth-order valence-corrected chi connectivity index (χ4v) is 4.42. The molecule has 1 fully saturated rings. The van der Waals surface area contributed by atoms with Crippen LogP contribution < -0.4 is 0 Å². The van der Waals surface area contributed by atoms with E-state index < -0.39 is 6.10 Å². The molecule has 8 heteroatoms. The minimum atomic E-state index is -0.431. The van der Waals surface area contributed by atoms with Gasteiger partial charge < -0.3 is 19.4 Å². The molecule has 0 bridgehead atoms. The normalized spacial score (nSPS) is 16.7. The van der Waals surface area contributed by atoms with Gasteiger partial charge in [-0.1, -0.05) is 30.3 Å². The molecule has 3 rings (SSSR count). The number of benzene rings is 1. The Bertz CT molecular complexity index is 884.